The van der Waals surface area contributed by atoms with Crippen molar-refractivity contribution in [2.24, 2.45) is 5.10 Å². The topological polar surface area (TPSA) is 78.8 Å². The highest BCUT2D eigenvalue weighted by Gasteiger charge is 2.28. The monoisotopic (exact) mass is 499 g/mol. The van der Waals surface area contributed by atoms with Crippen molar-refractivity contribution in [3.8, 4) is 0 Å². The number of carbonyl (C=O) groups excluding carboxylic acids is 1. The summed E-state index contributed by atoms with van der Waals surface area (Å²) in [6.07, 6.45) is 1.50. The molecule has 3 rings (SSSR count). The van der Waals surface area contributed by atoms with E-state index in [1.807, 2.05) is 44.2 Å². The van der Waals surface area contributed by atoms with Crippen LogP contribution in [0.1, 0.15) is 16.7 Å². The third-order valence-corrected chi connectivity index (χ3v) is 6.98. The number of nitrogens with one attached hydrogen (secondary N) is 1. The van der Waals surface area contributed by atoms with Crippen LogP contribution in [-0.4, -0.2) is 27.1 Å². The van der Waals surface area contributed by atoms with Crippen LogP contribution in [0.25, 0.3) is 0 Å². The van der Waals surface area contributed by atoms with Gasteiger partial charge in [0, 0.05) is 4.47 Å². The molecule has 0 bridgehead atoms. The Kier molecular flexibility index (Phi) is 7.25. The van der Waals surface area contributed by atoms with Gasteiger partial charge in [-0.3, -0.25) is 9.10 Å². The quantitative estimate of drug-likeness (QED) is 0.386. The molecule has 0 fully saturated rings. The minimum Gasteiger partial charge on any atom is -0.271 e. The molecule has 3 aromatic rings. The minimum atomic E-state index is -3.96. The number of benzene rings is 3. The predicted octanol–water partition coefficient (Wildman–Crippen LogP) is 4.41. The van der Waals surface area contributed by atoms with E-state index in [2.05, 4.69) is 26.5 Å². The molecule has 0 aliphatic rings. The average Bonchev–Trinajstić information content (AvgIpc) is 2.75. The van der Waals surface area contributed by atoms with Gasteiger partial charge in [-0.05, 0) is 60.9 Å². The number of hydrogen-bond acceptors (Lipinski definition) is 4. The van der Waals surface area contributed by atoms with Crippen molar-refractivity contribution in [2.45, 2.75) is 18.7 Å². The fraction of sp³-hybridized carbons (Fsp3) is 0.130. The molecule has 1 amide bonds. The molecule has 0 saturated carbocycles. The lowest BCUT2D eigenvalue weighted by Gasteiger charge is -2.26. The SMILES string of the molecule is Cc1cccc(N(CC(=O)N/N=C\c2cccc(Br)c2)S(=O)(=O)c2ccccc2)c1C. The second-order valence-electron chi connectivity index (χ2n) is 6.89. The van der Waals surface area contributed by atoms with Crippen LogP contribution in [0.5, 0.6) is 0 Å². The number of anilines is 1. The Labute approximate surface area is 190 Å². The van der Waals surface area contributed by atoms with E-state index in [9.17, 15) is 13.2 Å². The maximum Gasteiger partial charge on any atom is 0.264 e. The maximum atomic E-state index is 13.4. The Morgan fingerprint density at radius 1 is 1.03 bits per heavy atom. The second kappa shape index (κ2) is 9.89. The maximum absolute atomic E-state index is 13.4. The minimum absolute atomic E-state index is 0.112. The molecule has 0 aromatic heterocycles. The highest BCUT2D eigenvalue weighted by atomic mass is 79.9. The van der Waals surface area contributed by atoms with Gasteiger partial charge in [0.1, 0.15) is 6.54 Å². The fourth-order valence-corrected chi connectivity index (χ4v) is 4.87. The van der Waals surface area contributed by atoms with E-state index in [0.29, 0.717) is 5.69 Å². The predicted molar refractivity (Wildman–Crippen MR) is 127 cm³/mol. The molecule has 1 N–H and O–H groups in total. The van der Waals surface area contributed by atoms with Crippen LogP contribution in [0, 0.1) is 13.8 Å². The summed E-state index contributed by atoms with van der Waals surface area (Å²) < 4.78 is 28.7. The first-order valence-electron chi connectivity index (χ1n) is 9.50. The van der Waals surface area contributed by atoms with Gasteiger partial charge < -0.3 is 0 Å². The van der Waals surface area contributed by atoms with Gasteiger partial charge in [0.25, 0.3) is 15.9 Å². The number of halogens is 1. The smallest absolute Gasteiger partial charge is 0.264 e. The zero-order valence-electron chi connectivity index (χ0n) is 17.1. The van der Waals surface area contributed by atoms with Crippen molar-refractivity contribution in [1.29, 1.82) is 0 Å². The van der Waals surface area contributed by atoms with E-state index in [0.717, 1.165) is 25.5 Å². The van der Waals surface area contributed by atoms with Gasteiger partial charge in [-0.15, -0.1) is 0 Å². The lowest BCUT2D eigenvalue weighted by atomic mass is 10.1. The van der Waals surface area contributed by atoms with Crippen LogP contribution in [0.3, 0.4) is 0 Å². The summed E-state index contributed by atoms with van der Waals surface area (Å²) in [7, 11) is -3.96. The number of sulfonamides is 1. The zero-order valence-corrected chi connectivity index (χ0v) is 19.5. The van der Waals surface area contributed by atoms with Gasteiger partial charge in [-0.1, -0.05) is 58.4 Å². The van der Waals surface area contributed by atoms with Crippen LogP contribution in [0.4, 0.5) is 5.69 Å². The van der Waals surface area contributed by atoms with Crippen molar-refractivity contribution in [2.75, 3.05) is 10.8 Å². The third-order valence-electron chi connectivity index (χ3n) is 4.71. The summed E-state index contributed by atoms with van der Waals surface area (Å²) in [4.78, 5) is 12.7. The van der Waals surface area contributed by atoms with E-state index < -0.39 is 22.5 Å². The van der Waals surface area contributed by atoms with E-state index in [1.54, 1.807) is 30.3 Å². The van der Waals surface area contributed by atoms with Gasteiger partial charge in [0.2, 0.25) is 0 Å². The van der Waals surface area contributed by atoms with Crippen LogP contribution >= 0.6 is 15.9 Å². The van der Waals surface area contributed by atoms with Gasteiger partial charge in [0.05, 0.1) is 16.8 Å². The molecule has 0 aliphatic carbocycles. The Hall–Kier alpha value is -2.97. The number of aryl methyl sites for hydroxylation is 1. The highest BCUT2D eigenvalue weighted by molar-refractivity contribution is 9.10. The molecule has 6 nitrogen and oxygen atoms in total. The summed E-state index contributed by atoms with van der Waals surface area (Å²) in [5, 5.41) is 3.96. The zero-order chi connectivity index (χ0) is 22.4. The molecule has 160 valence electrons. The number of rotatable bonds is 7. The fourth-order valence-electron chi connectivity index (χ4n) is 2.96. The van der Waals surface area contributed by atoms with E-state index in [4.69, 9.17) is 0 Å². The Balaban J connectivity index is 1.88. The lowest BCUT2D eigenvalue weighted by Crippen LogP contribution is -2.40. The molecule has 0 heterocycles. The molecule has 31 heavy (non-hydrogen) atoms. The highest BCUT2D eigenvalue weighted by Crippen LogP contribution is 2.28. The molecule has 0 aliphatic heterocycles. The molecule has 0 radical (unpaired) electrons. The molecule has 0 atom stereocenters. The summed E-state index contributed by atoms with van der Waals surface area (Å²) in [5.41, 5.74) is 5.38. The number of amides is 1. The lowest BCUT2D eigenvalue weighted by molar-refractivity contribution is -0.119. The Morgan fingerprint density at radius 2 is 1.74 bits per heavy atom. The van der Waals surface area contributed by atoms with E-state index >= 15 is 0 Å². The third kappa shape index (κ3) is 5.59. The van der Waals surface area contributed by atoms with Crippen molar-refractivity contribution >= 4 is 43.8 Å². The summed E-state index contributed by atoms with van der Waals surface area (Å²) in [6, 6.07) is 20.8. The number of hydrogen-bond donors (Lipinski definition) is 1. The number of carbonyl (C=O) groups is 1. The van der Waals surface area contributed by atoms with Crippen molar-refractivity contribution in [1.82, 2.24) is 5.43 Å². The van der Waals surface area contributed by atoms with Gasteiger partial charge in [-0.25, -0.2) is 13.8 Å². The first-order chi connectivity index (χ1) is 14.8. The van der Waals surface area contributed by atoms with Crippen LogP contribution in [-0.2, 0) is 14.8 Å². The summed E-state index contributed by atoms with van der Waals surface area (Å²) in [5.74, 6) is -0.549. The van der Waals surface area contributed by atoms with E-state index in [1.165, 1.54) is 18.3 Å². The largest absolute Gasteiger partial charge is 0.271 e. The van der Waals surface area contributed by atoms with Crippen LogP contribution in [0.15, 0.2) is 87.3 Å². The van der Waals surface area contributed by atoms with Gasteiger partial charge >= 0.3 is 0 Å². The molecule has 0 spiro atoms. The second-order valence-corrected chi connectivity index (χ2v) is 9.67. The normalized spacial score (nSPS) is 11.5. The summed E-state index contributed by atoms with van der Waals surface area (Å²) in [6.45, 7) is 3.33. The van der Waals surface area contributed by atoms with Crippen molar-refractivity contribution < 1.29 is 13.2 Å². The molecule has 3 aromatic carbocycles. The molecule has 8 heteroatoms. The van der Waals surface area contributed by atoms with Crippen LogP contribution in [0.2, 0.25) is 0 Å². The van der Waals surface area contributed by atoms with Gasteiger partial charge in [-0.2, -0.15) is 5.10 Å². The first kappa shape index (κ1) is 22.7. The van der Waals surface area contributed by atoms with E-state index in [-0.39, 0.29) is 4.90 Å². The van der Waals surface area contributed by atoms with Crippen molar-refractivity contribution in [3.63, 3.8) is 0 Å². The number of nitrogens with zero attached hydrogens (tertiary/aromatic N) is 2. The Morgan fingerprint density at radius 3 is 2.45 bits per heavy atom. The van der Waals surface area contributed by atoms with Crippen molar-refractivity contribution in [3.05, 3.63) is 94.0 Å². The average molecular weight is 500 g/mol. The van der Waals surface area contributed by atoms with Crippen LogP contribution < -0.4 is 9.73 Å². The Bertz CT molecular complexity index is 1210. The molecule has 0 unspecified atom stereocenters. The summed E-state index contributed by atoms with van der Waals surface area (Å²) >= 11 is 3.38. The number of hydrazone groups is 1. The molecular weight excluding hydrogens is 478 g/mol. The molecule has 0 saturated heterocycles. The standard InChI is InChI=1S/C23H22BrN3O3S/c1-17-8-6-13-22(18(17)2)27(31(29,30)21-11-4-3-5-12-21)16-23(28)26-25-15-19-9-7-10-20(24)14-19/h3-15H,16H2,1-2H3,(H,26,28)/b25-15-. The van der Waals surface area contributed by atoms with Gasteiger partial charge in [0.15, 0.2) is 0 Å². The molecular formula is C23H22BrN3O3S. The first-order valence-corrected chi connectivity index (χ1v) is 11.7.